The standard InChI is InChI=1S/C17H19NO3/c1-10-16(17(19)20)14-6-11(2-3-15(14)21-10)4-5-18-8-12-7-13(12)9-18/h2-3,6,12-13H,4-5,7-9H2,1H3,(H,19,20). The summed E-state index contributed by atoms with van der Waals surface area (Å²) < 4.78 is 5.52. The molecule has 2 heterocycles. The van der Waals surface area contributed by atoms with Crippen molar-refractivity contribution in [3.05, 3.63) is 35.1 Å². The Balaban J connectivity index is 1.54. The van der Waals surface area contributed by atoms with Crippen LogP contribution in [0.4, 0.5) is 0 Å². The number of hydrogen-bond donors (Lipinski definition) is 1. The van der Waals surface area contributed by atoms with Crippen molar-refractivity contribution < 1.29 is 14.3 Å². The number of hydrogen-bond acceptors (Lipinski definition) is 3. The summed E-state index contributed by atoms with van der Waals surface area (Å²) in [6.45, 7) is 5.27. The van der Waals surface area contributed by atoms with E-state index in [-0.39, 0.29) is 0 Å². The second kappa shape index (κ2) is 4.60. The van der Waals surface area contributed by atoms with Crippen molar-refractivity contribution in [2.75, 3.05) is 19.6 Å². The molecule has 2 unspecified atom stereocenters. The number of furan rings is 1. The first kappa shape index (κ1) is 12.9. The van der Waals surface area contributed by atoms with Crippen LogP contribution in [0.3, 0.4) is 0 Å². The van der Waals surface area contributed by atoms with Crippen molar-refractivity contribution >= 4 is 16.9 Å². The molecule has 2 aromatic rings. The quantitative estimate of drug-likeness (QED) is 0.938. The molecule has 4 heteroatoms. The van der Waals surface area contributed by atoms with Crippen LogP contribution in [0.25, 0.3) is 11.0 Å². The monoisotopic (exact) mass is 285 g/mol. The molecule has 2 fully saturated rings. The second-order valence-corrected chi connectivity index (χ2v) is 6.43. The number of piperidine rings is 1. The van der Waals surface area contributed by atoms with Gasteiger partial charge in [-0.1, -0.05) is 6.07 Å². The van der Waals surface area contributed by atoms with Gasteiger partial charge < -0.3 is 14.4 Å². The van der Waals surface area contributed by atoms with Gasteiger partial charge in [0.05, 0.1) is 0 Å². The molecular weight excluding hydrogens is 266 g/mol. The number of carboxylic acid groups (broad SMARTS) is 1. The van der Waals surface area contributed by atoms with E-state index in [1.165, 1.54) is 25.1 Å². The van der Waals surface area contributed by atoms with Crippen LogP contribution < -0.4 is 0 Å². The zero-order valence-electron chi connectivity index (χ0n) is 12.1. The minimum atomic E-state index is -0.914. The largest absolute Gasteiger partial charge is 0.478 e. The van der Waals surface area contributed by atoms with Gasteiger partial charge >= 0.3 is 5.97 Å². The SMILES string of the molecule is Cc1oc2ccc(CCN3CC4CC4C3)cc2c1C(=O)O. The van der Waals surface area contributed by atoms with Gasteiger partial charge in [-0.3, -0.25) is 0 Å². The molecule has 0 amide bonds. The molecule has 1 aliphatic carbocycles. The predicted molar refractivity (Wildman–Crippen MR) is 79.7 cm³/mol. The summed E-state index contributed by atoms with van der Waals surface area (Å²) in [5, 5.41) is 10.0. The summed E-state index contributed by atoms with van der Waals surface area (Å²) in [7, 11) is 0. The average molecular weight is 285 g/mol. The van der Waals surface area contributed by atoms with Gasteiger partial charge in [-0.25, -0.2) is 4.79 Å². The molecule has 2 aliphatic rings. The highest BCUT2D eigenvalue weighted by Crippen LogP contribution is 2.44. The molecule has 1 aliphatic heterocycles. The lowest BCUT2D eigenvalue weighted by atomic mass is 10.1. The van der Waals surface area contributed by atoms with Crippen LogP contribution in [0, 0.1) is 18.8 Å². The van der Waals surface area contributed by atoms with Crippen LogP contribution in [-0.4, -0.2) is 35.6 Å². The lowest BCUT2D eigenvalue weighted by molar-refractivity contribution is 0.0697. The second-order valence-electron chi connectivity index (χ2n) is 6.43. The van der Waals surface area contributed by atoms with Gasteiger partial charge in [0.2, 0.25) is 0 Å². The van der Waals surface area contributed by atoms with Crippen LogP contribution >= 0.6 is 0 Å². The summed E-state index contributed by atoms with van der Waals surface area (Å²) in [6, 6.07) is 5.92. The number of carboxylic acids is 1. The van der Waals surface area contributed by atoms with Gasteiger partial charge in [-0.2, -0.15) is 0 Å². The van der Waals surface area contributed by atoms with Crippen LogP contribution in [0.2, 0.25) is 0 Å². The Morgan fingerprint density at radius 3 is 2.86 bits per heavy atom. The molecule has 4 rings (SSSR count). The lowest BCUT2D eigenvalue weighted by Gasteiger charge is -2.16. The first-order valence-corrected chi connectivity index (χ1v) is 7.59. The predicted octanol–water partition coefficient (Wildman–Crippen LogP) is 2.93. The van der Waals surface area contributed by atoms with Crippen molar-refractivity contribution in [2.24, 2.45) is 11.8 Å². The molecule has 1 aromatic heterocycles. The molecule has 1 saturated heterocycles. The third-order valence-electron chi connectivity index (χ3n) is 4.91. The van der Waals surface area contributed by atoms with E-state index in [1.807, 2.05) is 18.2 Å². The van der Waals surface area contributed by atoms with Crippen molar-refractivity contribution in [1.29, 1.82) is 0 Å². The maximum absolute atomic E-state index is 11.3. The van der Waals surface area contributed by atoms with E-state index >= 15 is 0 Å². The van der Waals surface area contributed by atoms with E-state index in [2.05, 4.69) is 4.90 Å². The number of likely N-dealkylation sites (tertiary alicyclic amines) is 1. The fourth-order valence-electron chi connectivity index (χ4n) is 3.65. The number of rotatable bonds is 4. The zero-order chi connectivity index (χ0) is 14.6. The Hall–Kier alpha value is -1.81. The van der Waals surface area contributed by atoms with Crippen LogP contribution in [-0.2, 0) is 6.42 Å². The summed E-state index contributed by atoms with van der Waals surface area (Å²) in [5.74, 6) is 1.49. The molecular formula is C17H19NO3. The van der Waals surface area contributed by atoms with Crippen molar-refractivity contribution in [3.63, 3.8) is 0 Å². The average Bonchev–Trinajstić information content (AvgIpc) is 2.91. The summed E-state index contributed by atoms with van der Waals surface area (Å²) in [6.07, 6.45) is 2.40. The van der Waals surface area contributed by atoms with Gasteiger partial charge in [0.1, 0.15) is 16.9 Å². The lowest BCUT2D eigenvalue weighted by Crippen LogP contribution is -2.25. The van der Waals surface area contributed by atoms with Gasteiger partial charge in [-0.05, 0) is 49.3 Å². The minimum absolute atomic E-state index is 0.300. The molecule has 21 heavy (non-hydrogen) atoms. The molecule has 1 N–H and O–H groups in total. The highest BCUT2D eigenvalue weighted by atomic mass is 16.4. The molecule has 0 bridgehead atoms. The smallest absolute Gasteiger partial charge is 0.339 e. The zero-order valence-corrected chi connectivity index (χ0v) is 12.1. The Kier molecular flexibility index (Phi) is 2.82. The Morgan fingerprint density at radius 1 is 1.38 bits per heavy atom. The van der Waals surface area contributed by atoms with Gasteiger partial charge in [0.25, 0.3) is 0 Å². The molecule has 1 aromatic carbocycles. The molecule has 2 atom stereocenters. The van der Waals surface area contributed by atoms with Crippen LogP contribution in [0.5, 0.6) is 0 Å². The van der Waals surface area contributed by atoms with Crippen LogP contribution in [0.1, 0.15) is 28.1 Å². The van der Waals surface area contributed by atoms with Crippen molar-refractivity contribution in [2.45, 2.75) is 19.8 Å². The van der Waals surface area contributed by atoms with Crippen LogP contribution in [0.15, 0.2) is 22.6 Å². The highest BCUT2D eigenvalue weighted by Gasteiger charge is 2.44. The van der Waals surface area contributed by atoms with Gasteiger partial charge in [-0.15, -0.1) is 0 Å². The molecule has 110 valence electrons. The maximum atomic E-state index is 11.3. The Morgan fingerprint density at radius 2 is 2.14 bits per heavy atom. The molecule has 4 nitrogen and oxygen atoms in total. The summed E-state index contributed by atoms with van der Waals surface area (Å²) in [4.78, 5) is 13.9. The minimum Gasteiger partial charge on any atom is -0.478 e. The normalized spacial score (nSPS) is 24.4. The van der Waals surface area contributed by atoms with E-state index in [1.54, 1.807) is 6.92 Å². The third kappa shape index (κ3) is 2.23. The van der Waals surface area contributed by atoms with Gasteiger partial charge in [0, 0.05) is 25.0 Å². The molecule has 0 spiro atoms. The van der Waals surface area contributed by atoms with Crippen molar-refractivity contribution in [1.82, 2.24) is 4.90 Å². The van der Waals surface area contributed by atoms with E-state index in [9.17, 15) is 9.90 Å². The van der Waals surface area contributed by atoms with E-state index < -0.39 is 5.97 Å². The summed E-state index contributed by atoms with van der Waals surface area (Å²) in [5.41, 5.74) is 2.15. The third-order valence-corrected chi connectivity index (χ3v) is 4.91. The Bertz CT molecular complexity index is 708. The number of aryl methyl sites for hydroxylation is 1. The van der Waals surface area contributed by atoms with Crippen molar-refractivity contribution in [3.8, 4) is 0 Å². The number of aromatic carboxylic acids is 1. The number of fused-ring (bicyclic) bond motifs is 2. The maximum Gasteiger partial charge on any atom is 0.339 e. The molecule has 1 saturated carbocycles. The fourth-order valence-corrected chi connectivity index (χ4v) is 3.65. The fraction of sp³-hybridized carbons (Fsp3) is 0.471. The van der Waals surface area contributed by atoms with E-state index in [0.717, 1.165) is 30.2 Å². The van der Waals surface area contributed by atoms with E-state index in [0.29, 0.717) is 16.9 Å². The number of carbonyl (C=O) groups is 1. The summed E-state index contributed by atoms with van der Waals surface area (Å²) >= 11 is 0. The molecule has 0 radical (unpaired) electrons. The first-order chi connectivity index (χ1) is 10.1. The number of nitrogens with zero attached hydrogens (tertiary/aromatic N) is 1. The number of benzene rings is 1. The van der Waals surface area contributed by atoms with Gasteiger partial charge in [0.15, 0.2) is 0 Å². The topological polar surface area (TPSA) is 53.7 Å². The first-order valence-electron chi connectivity index (χ1n) is 7.59. The van der Waals surface area contributed by atoms with E-state index in [4.69, 9.17) is 4.42 Å². The Labute approximate surface area is 123 Å². The highest BCUT2D eigenvalue weighted by molar-refractivity contribution is 6.03.